The quantitative estimate of drug-likeness (QED) is 0.0570. The molecule has 57 heavy (non-hydrogen) atoms. The van der Waals surface area contributed by atoms with E-state index in [1.54, 1.807) is 42.5 Å². The largest absolute Gasteiger partial charge is 0.778 e. The van der Waals surface area contributed by atoms with Crippen LogP contribution < -0.4 is 40.1 Å². The van der Waals surface area contributed by atoms with E-state index in [1.807, 2.05) is 127 Å². The smallest absolute Gasteiger partial charge is 0.0119 e. The summed E-state index contributed by atoms with van der Waals surface area (Å²) in [5, 5.41) is 0. The fourth-order valence-electron chi connectivity index (χ4n) is 3.36. The van der Waals surface area contributed by atoms with Gasteiger partial charge in [-0.3, -0.25) is 0 Å². The maximum atomic E-state index is 5.42. The molecule has 0 heterocycles. The van der Waals surface area contributed by atoms with Crippen molar-refractivity contribution in [1.29, 1.82) is 0 Å². The molecule has 0 aliphatic carbocycles. The number of hydrogen-bond acceptors (Lipinski definition) is 14. The first-order valence-electron chi connectivity index (χ1n) is 16.2. The van der Waals surface area contributed by atoms with Crippen LogP contribution in [0, 0.1) is 0 Å². The topological polar surface area (TPSA) is 182 Å². The standard InChI is InChI=1S/7C6H7NS.Re/c7*7-5-3-1-2-4-6(5)8;/h7*1-4,8H,7H2;/p-7. The third-order valence-corrected chi connectivity index (χ3v) is 9.04. The van der Waals surface area contributed by atoms with Crippen molar-refractivity contribution < 1.29 is 20.4 Å². The number of anilines is 7. The van der Waals surface area contributed by atoms with E-state index in [0.717, 1.165) is 34.3 Å². The molecule has 7 rings (SSSR count). The molecule has 7 aromatic rings. The molecule has 0 spiro atoms. The van der Waals surface area contributed by atoms with E-state index in [2.05, 4.69) is 0 Å². The maximum absolute atomic E-state index is 5.42. The second kappa shape index (κ2) is 30.5. The normalized spacial score (nSPS) is 8.84. The van der Waals surface area contributed by atoms with Crippen LogP contribution in [0.5, 0.6) is 0 Å². The first kappa shape index (κ1) is 52.3. The van der Waals surface area contributed by atoms with Crippen LogP contribution in [-0.4, -0.2) is 0 Å². The Balaban J connectivity index is 0.000000640. The van der Waals surface area contributed by atoms with Crippen LogP contribution in [0.25, 0.3) is 0 Å². The van der Waals surface area contributed by atoms with Crippen molar-refractivity contribution in [3.8, 4) is 0 Å². The van der Waals surface area contributed by atoms with Crippen molar-refractivity contribution in [2.45, 2.75) is 34.3 Å². The van der Waals surface area contributed by atoms with Gasteiger partial charge in [-0.1, -0.05) is 127 Å². The van der Waals surface area contributed by atoms with E-state index in [1.165, 1.54) is 0 Å². The minimum Gasteiger partial charge on any atom is -0.778 e. The summed E-state index contributed by atoms with van der Waals surface area (Å²) in [5.41, 5.74) is 42.7. The maximum Gasteiger partial charge on any atom is 0.0119 e. The van der Waals surface area contributed by atoms with Gasteiger partial charge in [-0.15, -0.1) is 0 Å². The molecule has 1 radical (unpaired) electrons. The van der Waals surface area contributed by atoms with E-state index >= 15 is 0 Å². The van der Waals surface area contributed by atoms with Gasteiger partial charge in [0.15, 0.2) is 0 Å². The predicted molar refractivity (Wildman–Crippen MR) is 255 cm³/mol. The van der Waals surface area contributed by atoms with Gasteiger partial charge in [0, 0.05) is 60.2 Å². The molecule has 0 saturated carbocycles. The van der Waals surface area contributed by atoms with Crippen LogP contribution in [0.1, 0.15) is 0 Å². The molecule has 0 aliphatic rings. The minimum absolute atomic E-state index is 0. The zero-order valence-electron chi connectivity index (χ0n) is 30.4. The van der Waals surface area contributed by atoms with Crippen molar-refractivity contribution in [2.75, 3.05) is 40.1 Å². The van der Waals surface area contributed by atoms with Crippen molar-refractivity contribution in [3.63, 3.8) is 0 Å². The number of nitrogen functional groups attached to an aromatic ring is 7. The summed E-state index contributed by atoms with van der Waals surface area (Å²) in [4.78, 5) is 5.10. The first-order chi connectivity index (χ1) is 26.6. The number of rotatable bonds is 0. The Morgan fingerprint density at radius 3 is 0.333 bits per heavy atom. The van der Waals surface area contributed by atoms with E-state index in [4.69, 9.17) is 129 Å². The fourth-order valence-corrected chi connectivity index (χ4v) is 4.39. The Bertz CT molecular complexity index is 1590. The zero-order valence-corrected chi connectivity index (χ0v) is 38.9. The number of benzene rings is 7. The molecule has 0 fully saturated rings. The van der Waals surface area contributed by atoms with Crippen LogP contribution in [0.4, 0.5) is 39.8 Å². The Labute approximate surface area is 389 Å². The third-order valence-electron chi connectivity index (χ3n) is 6.43. The third kappa shape index (κ3) is 23.9. The molecule has 0 atom stereocenters. The van der Waals surface area contributed by atoms with Gasteiger partial charge in [0.1, 0.15) is 0 Å². The Kier molecular flexibility index (Phi) is 28.0. The molecule has 0 aromatic heterocycles. The number of nitrogens with two attached hydrogens (primary N) is 7. The summed E-state index contributed by atoms with van der Waals surface area (Å²) < 4.78 is 0. The second-order valence-electron chi connectivity index (χ2n) is 10.8. The van der Waals surface area contributed by atoms with Crippen LogP contribution >= 0.6 is 0 Å². The molecule has 0 aliphatic heterocycles. The number of hydrogen-bond donors (Lipinski definition) is 7. The molecule has 15 heteroatoms. The Morgan fingerprint density at radius 1 is 0.193 bits per heavy atom. The Morgan fingerprint density at radius 2 is 0.281 bits per heavy atom. The van der Waals surface area contributed by atoms with Crippen LogP contribution in [-0.2, 0) is 109 Å². The molecule has 0 amide bonds. The summed E-state index contributed by atoms with van der Waals surface area (Å²) in [5.74, 6) is 0. The van der Waals surface area contributed by atoms with Crippen molar-refractivity contribution in [1.82, 2.24) is 0 Å². The number of para-hydroxylation sites is 7. The van der Waals surface area contributed by atoms with Gasteiger partial charge >= 0.3 is 0 Å². The molecule has 0 saturated heterocycles. The average Bonchev–Trinajstić information content (AvgIpc) is 3.18. The molecule has 0 unspecified atom stereocenters. The summed E-state index contributed by atoms with van der Waals surface area (Å²) in [6, 6.07) is 51.4. The van der Waals surface area contributed by atoms with Gasteiger partial charge in [0.2, 0.25) is 0 Å². The van der Waals surface area contributed by atoms with E-state index < -0.39 is 0 Å². The SMILES string of the molecule is Nc1ccccc1[S-].Nc1ccccc1[S-].Nc1ccccc1[S-].Nc1ccccc1[S-].Nc1ccccc1[S-].Nc1ccccc1[S-].Nc1ccccc1[S-].[Re]. The van der Waals surface area contributed by atoms with E-state index in [-0.39, 0.29) is 20.4 Å². The van der Waals surface area contributed by atoms with Crippen molar-refractivity contribution in [2.24, 2.45) is 0 Å². The first-order valence-corrected chi connectivity index (χ1v) is 19.1. The van der Waals surface area contributed by atoms with Crippen molar-refractivity contribution >= 4 is 128 Å². The van der Waals surface area contributed by atoms with Crippen LogP contribution in [0.3, 0.4) is 0 Å². The van der Waals surface area contributed by atoms with Crippen LogP contribution in [0.2, 0.25) is 0 Å². The van der Waals surface area contributed by atoms with Crippen LogP contribution in [0.15, 0.2) is 204 Å². The van der Waals surface area contributed by atoms with E-state index in [9.17, 15) is 0 Å². The molecule has 7 nitrogen and oxygen atoms in total. The van der Waals surface area contributed by atoms with Crippen molar-refractivity contribution in [3.05, 3.63) is 170 Å². The summed E-state index contributed by atoms with van der Waals surface area (Å²) in [6.45, 7) is 0. The fraction of sp³-hybridized carbons (Fsp3) is 0. The average molecular weight is 1060 g/mol. The summed E-state index contributed by atoms with van der Waals surface area (Å²) >= 11 is 33.8. The summed E-state index contributed by atoms with van der Waals surface area (Å²) in [7, 11) is 0. The van der Waals surface area contributed by atoms with E-state index in [0.29, 0.717) is 39.8 Å². The molecule has 7 aromatic carbocycles. The van der Waals surface area contributed by atoms with Gasteiger partial charge in [-0.2, -0.15) is 34.3 Å². The van der Waals surface area contributed by atoms with Gasteiger partial charge in [0.25, 0.3) is 0 Å². The van der Waals surface area contributed by atoms with Gasteiger partial charge < -0.3 is 129 Å². The second-order valence-corrected chi connectivity index (χ2v) is 13.8. The van der Waals surface area contributed by atoms with Gasteiger partial charge in [-0.25, -0.2) is 0 Å². The monoisotopic (exact) mass is 1060 g/mol. The zero-order chi connectivity index (χ0) is 41.9. The minimum atomic E-state index is 0. The summed E-state index contributed by atoms with van der Waals surface area (Å²) in [6.07, 6.45) is 0. The molecular formula is C42H42N7ReS7-7. The van der Waals surface area contributed by atoms with Gasteiger partial charge in [0.05, 0.1) is 0 Å². The molecule has 0 bridgehead atoms. The Hall–Kier alpha value is -4.66. The molecule has 14 N–H and O–H groups in total. The molecular weight excluding hydrogens is 1010 g/mol. The predicted octanol–water partition coefficient (Wildman–Crippen LogP) is 8.22. The van der Waals surface area contributed by atoms with Gasteiger partial charge in [-0.05, 0) is 42.5 Å². The molecule has 301 valence electrons.